The van der Waals surface area contributed by atoms with E-state index in [4.69, 9.17) is 9.47 Å². The van der Waals surface area contributed by atoms with Crippen molar-refractivity contribution in [3.8, 4) is 5.75 Å². The van der Waals surface area contributed by atoms with Crippen LogP contribution in [0.4, 0.5) is 5.69 Å². The van der Waals surface area contributed by atoms with Gasteiger partial charge in [-0.25, -0.2) is 13.2 Å². The maximum Gasteiger partial charge on any atom is 0.342 e. The number of piperidine rings is 1. The van der Waals surface area contributed by atoms with Crippen molar-refractivity contribution >= 4 is 27.6 Å². The minimum Gasteiger partial charge on any atom is -0.496 e. The molecule has 182 valence electrons. The van der Waals surface area contributed by atoms with Crippen molar-refractivity contribution in [2.75, 3.05) is 24.6 Å². The van der Waals surface area contributed by atoms with Crippen LogP contribution in [0.3, 0.4) is 0 Å². The van der Waals surface area contributed by atoms with Crippen molar-refractivity contribution in [3.05, 3.63) is 53.6 Å². The molecule has 0 N–H and O–H groups in total. The molecule has 2 unspecified atom stereocenters. The van der Waals surface area contributed by atoms with E-state index >= 15 is 0 Å². The molecule has 2 heterocycles. The zero-order chi connectivity index (χ0) is 24.5. The van der Waals surface area contributed by atoms with Gasteiger partial charge in [-0.1, -0.05) is 18.2 Å². The lowest BCUT2D eigenvalue weighted by molar-refractivity contribution is -0.140. The second-order valence-corrected chi connectivity index (χ2v) is 10.7. The number of amides is 1. The summed E-state index contributed by atoms with van der Waals surface area (Å²) in [5, 5.41) is 0. The molecule has 2 aliphatic rings. The monoisotopic (exact) mass is 486 g/mol. The van der Waals surface area contributed by atoms with Gasteiger partial charge < -0.3 is 14.4 Å². The summed E-state index contributed by atoms with van der Waals surface area (Å²) in [6.07, 6.45) is 3.51. The van der Waals surface area contributed by atoms with Crippen molar-refractivity contribution in [1.82, 2.24) is 4.90 Å². The number of esters is 1. The summed E-state index contributed by atoms with van der Waals surface area (Å²) >= 11 is 0. The molecule has 1 saturated heterocycles. The van der Waals surface area contributed by atoms with E-state index in [2.05, 4.69) is 0 Å². The number of carbonyl (C=O) groups excluding carboxylic acids is 2. The normalized spacial score (nSPS) is 20.1. The Morgan fingerprint density at radius 3 is 2.47 bits per heavy atom. The van der Waals surface area contributed by atoms with Crippen LogP contribution in [0.1, 0.15) is 49.0 Å². The summed E-state index contributed by atoms with van der Waals surface area (Å²) in [6, 6.07) is 11.6. The molecule has 0 aliphatic carbocycles. The Bertz CT molecular complexity index is 1190. The van der Waals surface area contributed by atoms with Crippen LogP contribution in [0.2, 0.25) is 0 Å². The molecule has 2 aliphatic heterocycles. The van der Waals surface area contributed by atoms with Gasteiger partial charge in [0.05, 0.1) is 17.7 Å². The number of carbonyl (C=O) groups is 2. The van der Waals surface area contributed by atoms with E-state index in [1.807, 2.05) is 26.0 Å². The molecule has 4 rings (SSSR count). The molecule has 9 heteroatoms. The lowest BCUT2D eigenvalue weighted by Crippen LogP contribution is -2.49. The SMILES string of the molecule is COc1ccc(S(=O)(=O)N2CCc3ccccc32)cc1C(=O)OCC(=O)N1C(C)CCCC1C. The number of ether oxygens (including phenoxy) is 2. The molecule has 0 spiro atoms. The smallest absolute Gasteiger partial charge is 0.342 e. The predicted molar refractivity (Wildman–Crippen MR) is 128 cm³/mol. The van der Waals surface area contributed by atoms with Gasteiger partial charge >= 0.3 is 5.97 Å². The van der Waals surface area contributed by atoms with E-state index < -0.39 is 22.6 Å². The average Bonchev–Trinajstić information content (AvgIpc) is 3.27. The van der Waals surface area contributed by atoms with Crippen LogP contribution in [0.5, 0.6) is 5.75 Å². The van der Waals surface area contributed by atoms with Crippen LogP contribution in [0, 0.1) is 0 Å². The van der Waals surface area contributed by atoms with Crippen LogP contribution < -0.4 is 9.04 Å². The molecule has 1 fully saturated rings. The van der Waals surface area contributed by atoms with Crippen molar-refractivity contribution in [2.45, 2.75) is 56.5 Å². The fourth-order valence-corrected chi connectivity index (χ4v) is 6.41. The Hall–Kier alpha value is -3.07. The first-order chi connectivity index (χ1) is 16.2. The highest BCUT2D eigenvalue weighted by atomic mass is 32.2. The number of hydrogen-bond donors (Lipinski definition) is 0. The van der Waals surface area contributed by atoms with Crippen molar-refractivity contribution < 1.29 is 27.5 Å². The quantitative estimate of drug-likeness (QED) is 0.581. The second kappa shape index (κ2) is 9.66. The third-order valence-electron chi connectivity index (χ3n) is 6.63. The maximum atomic E-state index is 13.4. The number of rotatable bonds is 6. The summed E-state index contributed by atoms with van der Waals surface area (Å²) in [7, 11) is -2.51. The molecule has 2 aromatic carbocycles. The van der Waals surface area contributed by atoms with Crippen LogP contribution in [-0.2, 0) is 26.0 Å². The van der Waals surface area contributed by atoms with Crippen LogP contribution >= 0.6 is 0 Å². The second-order valence-electron chi connectivity index (χ2n) is 8.82. The third kappa shape index (κ3) is 4.49. The third-order valence-corrected chi connectivity index (χ3v) is 8.44. The summed E-state index contributed by atoms with van der Waals surface area (Å²) in [5.74, 6) is -0.885. The van der Waals surface area contributed by atoms with Gasteiger partial charge in [-0.2, -0.15) is 0 Å². The molecular weight excluding hydrogens is 456 g/mol. The number of benzene rings is 2. The molecule has 2 aromatic rings. The van der Waals surface area contributed by atoms with E-state index in [-0.39, 0.29) is 34.2 Å². The number of para-hydroxylation sites is 1. The molecule has 2 atom stereocenters. The Labute approximate surface area is 200 Å². The molecular formula is C25H30N2O6S. The highest BCUT2D eigenvalue weighted by Crippen LogP contribution is 2.34. The van der Waals surface area contributed by atoms with E-state index in [0.717, 1.165) is 24.8 Å². The fourth-order valence-electron chi connectivity index (χ4n) is 4.88. The Morgan fingerprint density at radius 2 is 1.76 bits per heavy atom. The standard InChI is InChI=1S/C25H30N2O6S/c1-17-7-6-8-18(2)27(17)24(28)16-33-25(29)21-15-20(11-12-23(21)32-3)34(30,31)26-14-13-19-9-4-5-10-22(19)26/h4-5,9-12,15,17-18H,6-8,13-14,16H2,1-3H3. The van der Waals surface area contributed by atoms with Gasteiger partial charge in [0.15, 0.2) is 6.61 Å². The maximum absolute atomic E-state index is 13.4. The van der Waals surface area contributed by atoms with E-state index in [0.29, 0.717) is 18.7 Å². The predicted octanol–water partition coefficient (Wildman–Crippen LogP) is 3.39. The number of sulfonamides is 1. The van der Waals surface area contributed by atoms with Gasteiger partial charge in [0.25, 0.3) is 15.9 Å². The van der Waals surface area contributed by atoms with Crippen molar-refractivity contribution in [3.63, 3.8) is 0 Å². The molecule has 8 nitrogen and oxygen atoms in total. The van der Waals surface area contributed by atoms with Gasteiger partial charge in [0, 0.05) is 18.6 Å². The summed E-state index contributed by atoms with van der Waals surface area (Å²) in [4.78, 5) is 27.4. The van der Waals surface area contributed by atoms with Gasteiger partial charge in [-0.3, -0.25) is 9.10 Å². The van der Waals surface area contributed by atoms with Gasteiger partial charge in [-0.15, -0.1) is 0 Å². The molecule has 0 saturated carbocycles. The Morgan fingerprint density at radius 1 is 1.06 bits per heavy atom. The zero-order valence-electron chi connectivity index (χ0n) is 19.7. The first-order valence-corrected chi connectivity index (χ1v) is 12.9. The number of hydrogen-bond acceptors (Lipinski definition) is 6. The van der Waals surface area contributed by atoms with Crippen molar-refractivity contribution in [2.24, 2.45) is 0 Å². The lowest BCUT2D eigenvalue weighted by Gasteiger charge is -2.38. The number of likely N-dealkylation sites (tertiary alicyclic amines) is 1. The van der Waals surface area contributed by atoms with Gasteiger partial charge in [-0.05, 0) is 69.4 Å². The number of nitrogens with zero attached hydrogens (tertiary/aromatic N) is 2. The average molecular weight is 487 g/mol. The van der Waals surface area contributed by atoms with Crippen LogP contribution in [0.25, 0.3) is 0 Å². The minimum atomic E-state index is -3.90. The molecule has 34 heavy (non-hydrogen) atoms. The molecule has 0 bridgehead atoms. The number of methoxy groups -OCH3 is 1. The first kappa shape index (κ1) is 24.1. The Kier molecular flexibility index (Phi) is 6.84. The van der Waals surface area contributed by atoms with Crippen molar-refractivity contribution in [1.29, 1.82) is 0 Å². The minimum absolute atomic E-state index is 0.0383. The van der Waals surface area contributed by atoms with Gasteiger partial charge in [0.1, 0.15) is 11.3 Å². The Balaban J connectivity index is 1.54. The largest absolute Gasteiger partial charge is 0.496 e. The zero-order valence-corrected chi connectivity index (χ0v) is 20.5. The number of anilines is 1. The van der Waals surface area contributed by atoms with E-state index in [9.17, 15) is 18.0 Å². The molecule has 0 aromatic heterocycles. The molecule has 1 amide bonds. The van der Waals surface area contributed by atoms with Crippen LogP contribution in [-0.4, -0.2) is 57.5 Å². The first-order valence-electron chi connectivity index (χ1n) is 11.5. The van der Waals surface area contributed by atoms with Crippen LogP contribution in [0.15, 0.2) is 47.4 Å². The summed E-state index contributed by atoms with van der Waals surface area (Å²) in [6.45, 7) is 3.90. The summed E-state index contributed by atoms with van der Waals surface area (Å²) < 4.78 is 38.7. The molecule has 0 radical (unpaired) electrons. The fraction of sp³-hybridized carbons (Fsp3) is 0.440. The van der Waals surface area contributed by atoms with E-state index in [1.165, 1.54) is 29.6 Å². The highest BCUT2D eigenvalue weighted by Gasteiger charge is 2.33. The van der Waals surface area contributed by atoms with E-state index in [1.54, 1.807) is 17.0 Å². The number of fused-ring (bicyclic) bond motifs is 1. The lowest BCUT2D eigenvalue weighted by atomic mass is 9.97. The topological polar surface area (TPSA) is 93.2 Å². The van der Waals surface area contributed by atoms with Gasteiger partial charge in [0.2, 0.25) is 0 Å². The highest BCUT2D eigenvalue weighted by molar-refractivity contribution is 7.92. The summed E-state index contributed by atoms with van der Waals surface area (Å²) in [5.41, 5.74) is 1.56.